The molecule has 2 aromatic rings. The Balaban J connectivity index is 1.32. The van der Waals surface area contributed by atoms with Gasteiger partial charge in [0.1, 0.15) is 0 Å². The molecule has 1 atom stereocenters. The number of halogens is 3. The number of piperidine rings is 1. The van der Waals surface area contributed by atoms with Crippen LogP contribution in [0.2, 0.25) is 0 Å². The van der Waals surface area contributed by atoms with E-state index in [0.29, 0.717) is 18.5 Å². The summed E-state index contributed by atoms with van der Waals surface area (Å²) in [6.07, 6.45) is -0.200. The van der Waals surface area contributed by atoms with Crippen LogP contribution in [0.4, 0.5) is 13.2 Å². The van der Waals surface area contributed by atoms with Gasteiger partial charge in [-0.2, -0.15) is 13.2 Å². The van der Waals surface area contributed by atoms with Gasteiger partial charge >= 0.3 is 6.18 Å². The molecule has 1 N–H and O–H groups in total. The second-order valence-corrected chi connectivity index (χ2v) is 8.12. The minimum absolute atomic E-state index is 0.0544. The normalized spacial score (nSPS) is 20.4. The number of hydrogen-bond donors (Lipinski definition) is 1. The first kappa shape index (κ1) is 20.0. The lowest BCUT2D eigenvalue weighted by Gasteiger charge is -2.37. The molecular weight excluding hydrogens is 377 g/mol. The van der Waals surface area contributed by atoms with Crippen molar-refractivity contribution in [3.63, 3.8) is 0 Å². The van der Waals surface area contributed by atoms with Crippen LogP contribution in [-0.2, 0) is 19.0 Å². The molecule has 1 fully saturated rings. The summed E-state index contributed by atoms with van der Waals surface area (Å²) in [6.45, 7) is 2.48. The summed E-state index contributed by atoms with van der Waals surface area (Å²) in [5, 5.41) is 2.84. The molecule has 154 valence electrons. The Hall–Kier alpha value is -2.34. The highest BCUT2D eigenvalue weighted by atomic mass is 19.4. The molecule has 0 saturated carbocycles. The van der Waals surface area contributed by atoms with Crippen LogP contribution in [0.25, 0.3) is 0 Å². The van der Waals surface area contributed by atoms with Gasteiger partial charge < -0.3 is 5.32 Å². The SMILES string of the molecule is O=C(NCC1CCCN(C2Cc3ccccc3C2)C1)c1cccc(C(F)(F)F)c1. The first-order valence-corrected chi connectivity index (χ1v) is 10.2. The van der Waals surface area contributed by atoms with E-state index in [-0.39, 0.29) is 5.56 Å². The van der Waals surface area contributed by atoms with Crippen molar-refractivity contribution in [2.24, 2.45) is 5.92 Å². The molecule has 0 bridgehead atoms. The predicted octanol–water partition coefficient (Wildman–Crippen LogP) is 4.31. The Labute approximate surface area is 168 Å². The Kier molecular flexibility index (Phi) is 5.63. The van der Waals surface area contributed by atoms with Crippen LogP contribution in [0.15, 0.2) is 48.5 Å². The standard InChI is InChI=1S/C23H25F3N2O/c24-23(25,26)20-9-3-8-19(11-20)22(29)27-14-16-5-4-10-28(15-16)21-12-17-6-1-2-7-18(17)13-21/h1-3,6-9,11,16,21H,4-5,10,12-15H2,(H,27,29). The van der Waals surface area contributed by atoms with Gasteiger partial charge in [0, 0.05) is 24.7 Å². The summed E-state index contributed by atoms with van der Waals surface area (Å²) in [6, 6.07) is 13.7. The molecule has 2 aliphatic rings. The van der Waals surface area contributed by atoms with E-state index in [9.17, 15) is 18.0 Å². The molecule has 4 rings (SSSR count). The second-order valence-electron chi connectivity index (χ2n) is 8.12. The van der Waals surface area contributed by atoms with Crippen LogP contribution in [0.5, 0.6) is 0 Å². The predicted molar refractivity (Wildman–Crippen MR) is 106 cm³/mol. The Morgan fingerprint density at radius 1 is 1.07 bits per heavy atom. The third kappa shape index (κ3) is 4.64. The number of benzene rings is 2. The zero-order valence-corrected chi connectivity index (χ0v) is 16.2. The largest absolute Gasteiger partial charge is 0.416 e. The van der Waals surface area contributed by atoms with Crippen LogP contribution in [-0.4, -0.2) is 36.5 Å². The van der Waals surface area contributed by atoms with E-state index in [4.69, 9.17) is 0 Å². The molecule has 1 saturated heterocycles. The van der Waals surface area contributed by atoms with Crippen molar-refractivity contribution in [3.05, 3.63) is 70.8 Å². The van der Waals surface area contributed by atoms with Crippen molar-refractivity contribution < 1.29 is 18.0 Å². The minimum atomic E-state index is -4.45. The average Bonchev–Trinajstić information content (AvgIpc) is 3.16. The zero-order valence-electron chi connectivity index (χ0n) is 16.2. The fourth-order valence-electron chi connectivity index (χ4n) is 4.57. The van der Waals surface area contributed by atoms with E-state index in [1.54, 1.807) is 0 Å². The van der Waals surface area contributed by atoms with Gasteiger partial charge in [0.05, 0.1) is 5.56 Å². The maximum Gasteiger partial charge on any atom is 0.416 e. The summed E-state index contributed by atoms with van der Waals surface area (Å²) < 4.78 is 38.6. The Morgan fingerprint density at radius 2 is 1.79 bits per heavy atom. The summed E-state index contributed by atoms with van der Waals surface area (Å²) >= 11 is 0. The first-order valence-electron chi connectivity index (χ1n) is 10.2. The number of carbonyl (C=O) groups excluding carboxylic acids is 1. The fraction of sp³-hybridized carbons (Fsp3) is 0.435. The number of nitrogens with zero attached hydrogens (tertiary/aromatic N) is 1. The van der Waals surface area contributed by atoms with Crippen LogP contribution >= 0.6 is 0 Å². The quantitative estimate of drug-likeness (QED) is 0.826. The maximum absolute atomic E-state index is 12.9. The number of alkyl halides is 3. The number of likely N-dealkylation sites (tertiary alicyclic amines) is 1. The summed E-state index contributed by atoms with van der Waals surface area (Å²) in [7, 11) is 0. The average molecular weight is 402 g/mol. The molecule has 1 heterocycles. The molecular formula is C23H25F3N2O. The molecule has 1 aliphatic carbocycles. The second kappa shape index (κ2) is 8.19. The lowest BCUT2D eigenvalue weighted by molar-refractivity contribution is -0.137. The van der Waals surface area contributed by atoms with Crippen molar-refractivity contribution in [1.82, 2.24) is 10.2 Å². The van der Waals surface area contributed by atoms with Gasteiger partial charge in [-0.3, -0.25) is 9.69 Å². The van der Waals surface area contributed by atoms with Crippen molar-refractivity contribution in [2.45, 2.75) is 37.9 Å². The Bertz CT molecular complexity index is 855. The van der Waals surface area contributed by atoms with Crippen LogP contribution in [0.1, 0.15) is 39.9 Å². The van der Waals surface area contributed by atoms with Crippen molar-refractivity contribution in [3.8, 4) is 0 Å². The van der Waals surface area contributed by atoms with Crippen LogP contribution < -0.4 is 5.32 Å². The number of fused-ring (bicyclic) bond motifs is 1. The number of carbonyl (C=O) groups is 1. The minimum Gasteiger partial charge on any atom is -0.352 e. The van der Waals surface area contributed by atoms with E-state index >= 15 is 0 Å². The molecule has 3 nitrogen and oxygen atoms in total. The lowest BCUT2D eigenvalue weighted by Crippen LogP contribution is -2.46. The van der Waals surface area contributed by atoms with Crippen LogP contribution in [0, 0.1) is 5.92 Å². The van der Waals surface area contributed by atoms with Gasteiger partial charge in [-0.15, -0.1) is 0 Å². The number of nitrogens with one attached hydrogen (secondary N) is 1. The van der Waals surface area contributed by atoms with E-state index in [1.165, 1.54) is 23.3 Å². The van der Waals surface area contributed by atoms with E-state index in [1.807, 2.05) is 0 Å². The molecule has 29 heavy (non-hydrogen) atoms. The van der Waals surface area contributed by atoms with E-state index in [2.05, 4.69) is 34.5 Å². The third-order valence-electron chi connectivity index (χ3n) is 6.10. The van der Waals surface area contributed by atoms with Gasteiger partial charge in [0.25, 0.3) is 5.91 Å². The lowest BCUT2D eigenvalue weighted by atomic mass is 9.95. The van der Waals surface area contributed by atoms with Crippen molar-refractivity contribution in [1.29, 1.82) is 0 Å². The summed E-state index contributed by atoms with van der Waals surface area (Å²) in [5.41, 5.74) is 2.11. The molecule has 2 aromatic carbocycles. The first-order chi connectivity index (χ1) is 13.9. The molecule has 0 aromatic heterocycles. The van der Waals surface area contributed by atoms with Crippen LogP contribution in [0.3, 0.4) is 0 Å². The number of amides is 1. The van der Waals surface area contributed by atoms with Gasteiger partial charge in [-0.25, -0.2) is 0 Å². The summed E-state index contributed by atoms with van der Waals surface area (Å²) in [5.74, 6) is -0.122. The number of hydrogen-bond acceptors (Lipinski definition) is 2. The monoisotopic (exact) mass is 402 g/mol. The zero-order chi connectivity index (χ0) is 20.4. The molecule has 0 radical (unpaired) electrons. The van der Waals surface area contributed by atoms with Crippen molar-refractivity contribution in [2.75, 3.05) is 19.6 Å². The molecule has 1 amide bonds. The molecule has 1 aliphatic heterocycles. The van der Waals surface area contributed by atoms with Gasteiger partial charge in [-0.05, 0) is 67.5 Å². The van der Waals surface area contributed by atoms with E-state index < -0.39 is 17.6 Å². The third-order valence-corrected chi connectivity index (χ3v) is 6.10. The maximum atomic E-state index is 12.9. The smallest absolute Gasteiger partial charge is 0.352 e. The summed E-state index contributed by atoms with van der Waals surface area (Å²) in [4.78, 5) is 14.9. The molecule has 6 heteroatoms. The topological polar surface area (TPSA) is 32.3 Å². The molecule has 1 unspecified atom stereocenters. The highest BCUT2D eigenvalue weighted by molar-refractivity contribution is 5.94. The number of rotatable bonds is 4. The van der Waals surface area contributed by atoms with Gasteiger partial charge in [-0.1, -0.05) is 30.3 Å². The van der Waals surface area contributed by atoms with Crippen molar-refractivity contribution >= 4 is 5.91 Å². The van der Waals surface area contributed by atoms with Gasteiger partial charge in [0.2, 0.25) is 0 Å². The Morgan fingerprint density at radius 3 is 2.48 bits per heavy atom. The van der Waals surface area contributed by atoms with E-state index in [0.717, 1.165) is 50.9 Å². The fourth-order valence-corrected chi connectivity index (χ4v) is 4.57. The van der Waals surface area contributed by atoms with Gasteiger partial charge in [0.15, 0.2) is 0 Å². The highest BCUT2D eigenvalue weighted by Gasteiger charge is 2.32. The molecule has 0 spiro atoms. The highest BCUT2D eigenvalue weighted by Crippen LogP contribution is 2.30.